The van der Waals surface area contributed by atoms with E-state index in [9.17, 15) is 4.39 Å². The van der Waals surface area contributed by atoms with Gasteiger partial charge < -0.3 is 19.5 Å². The maximum atomic E-state index is 13.3. The second kappa shape index (κ2) is 5.52. The molecule has 21 heavy (non-hydrogen) atoms. The molecule has 0 amide bonds. The van der Waals surface area contributed by atoms with Crippen molar-refractivity contribution >= 4 is 5.69 Å². The van der Waals surface area contributed by atoms with Gasteiger partial charge >= 0.3 is 0 Å². The van der Waals surface area contributed by atoms with Crippen molar-refractivity contribution in [2.75, 3.05) is 19.2 Å². The maximum Gasteiger partial charge on any atom is 0.231 e. The lowest BCUT2D eigenvalue weighted by atomic mass is 10.1. The molecule has 0 bridgehead atoms. The Labute approximate surface area is 122 Å². The van der Waals surface area contributed by atoms with E-state index in [1.807, 2.05) is 19.1 Å². The van der Waals surface area contributed by atoms with Gasteiger partial charge in [0.25, 0.3) is 0 Å². The summed E-state index contributed by atoms with van der Waals surface area (Å²) < 4.78 is 29.3. The number of rotatable bonds is 4. The van der Waals surface area contributed by atoms with Crippen LogP contribution >= 0.6 is 0 Å². The normalized spacial score (nSPS) is 12.3. The number of nitrogens with one attached hydrogen (secondary N) is 1. The van der Waals surface area contributed by atoms with E-state index in [1.165, 1.54) is 12.1 Å². The average Bonchev–Trinajstić information content (AvgIpc) is 2.95. The van der Waals surface area contributed by atoms with Gasteiger partial charge in [-0.2, -0.15) is 0 Å². The predicted molar refractivity (Wildman–Crippen MR) is 77.6 cm³/mol. The highest BCUT2D eigenvalue weighted by Crippen LogP contribution is 2.41. The van der Waals surface area contributed by atoms with Crippen LogP contribution < -0.4 is 19.5 Å². The van der Waals surface area contributed by atoms with Gasteiger partial charge in [-0.3, -0.25) is 0 Å². The van der Waals surface area contributed by atoms with Gasteiger partial charge in [0, 0.05) is 12.2 Å². The maximum absolute atomic E-state index is 13.3. The summed E-state index contributed by atoms with van der Waals surface area (Å²) in [5, 5.41) is 3.22. The van der Waals surface area contributed by atoms with E-state index < -0.39 is 0 Å². The molecule has 3 rings (SSSR count). The SMILES string of the molecule is COc1cc(CNc2cc(F)ccc2C)cc2c1OCO2. The number of methoxy groups -OCH3 is 1. The number of benzene rings is 2. The molecule has 0 fully saturated rings. The molecule has 1 N–H and O–H groups in total. The molecular weight excluding hydrogens is 273 g/mol. The van der Waals surface area contributed by atoms with Gasteiger partial charge in [-0.05, 0) is 42.3 Å². The molecule has 0 radical (unpaired) electrons. The Kier molecular flexibility index (Phi) is 3.56. The monoisotopic (exact) mass is 289 g/mol. The molecule has 1 heterocycles. The minimum absolute atomic E-state index is 0.200. The molecule has 0 spiro atoms. The zero-order chi connectivity index (χ0) is 14.8. The van der Waals surface area contributed by atoms with Gasteiger partial charge in [0.2, 0.25) is 12.5 Å². The van der Waals surface area contributed by atoms with Gasteiger partial charge in [-0.25, -0.2) is 4.39 Å². The first kappa shape index (κ1) is 13.5. The first-order valence-electron chi connectivity index (χ1n) is 6.64. The van der Waals surface area contributed by atoms with Crippen LogP contribution in [0.2, 0.25) is 0 Å². The highest BCUT2D eigenvalue weighted by molar-refractivity contribution is 5.56. The number of aryl methyl sites for hydroxylation is 1. The quantitative estimate of drug-likeness (QED) is 0.935. The molecule has 0 saturated carbocycles. The van der Waals surface area contributed by atoms with Crippen molar-refractivity contribution in [2.45, 2.75) is 13.5 Å². The number of ether oxygens (including phenoxy) is 3. The third kappa shape index (κ3) is 2.72. The molecule has 4 nitrogen and oxygen atoms in total. The van der Waals surface area contributed by atoms with Crippen molar-refractivity contribution in [3.05, 3.63) is 47.3 Å². The largest absolute Gasteiger partial charge is 0.493 e. The fraction of sp³-hybridized carbons (Fsp3) is 0.250. The molecule has 5 heteroatoms. The second-order valence-electron chi connectivity index (χ2n) is 4.84. The first-order valence-corrected chi connectivity index (χ1v) is 6.64. The van der Waals surface area contributed by atoms with Crippen molar-refractivity contribution in [3.8, 4) is 17.2 Å². The topological polar surface area (TPSA) is 39.7 Å². The van der Waals surface area contributed by atoms with E-state index in [4.69, 9.17) is 14.2 Å². The Morgan fingerprint density at radius 3 is 2.90 bits per heavy atom. The van der Waals surface area contributed by atoms with Crippen LogP contribution in [0.15, 0.2) is 30.3 Å². The van der Waals surface area contributed by atoms with Crippen LogP contribution in [0.1, 0.15) is 11.1 Å². The summed E-state index contributed by atoms with van der Waals surface area (Å²) in [5.41, 5.74) is 2.73. The third-order valence-electron chi connectivity index (χ3n) is 3.40. The summed E-state index contributed by atoms with van der Waals surface area (Å²) >= 11 is 0. The van der Waals surface area contributed by atoms with Gasteiger partial charge in [-0.15, -0.1) is 0 Å². The van der Waals surface area contributed by atoms with Gasteiger partial charge in [0.05, 0.1) is 7.11 Å². The van der Waals surface area contributed by atoms with Crippen LogP contribution in [-0.2, 0) is 6.54 Å². The lowest BCUT2D eigenvalue weighted by Gasteiger charge is -2.12. The van der Waals surface area contributed by atoms with Gasteiger partial charge in [-0.1, -0.05) is 6.07 Å². The summed E-state index contributed by atoms with van der Waals surface area (Å²) in [7, 11) is 1.59. The van der Waals surface area contributed by atoms with Crippen molar-refractivity contribution in [1.82, 2.24) is 0 Å². The minimum atomic E-state index is -0.258. The molecule has 2 aromatic carbocycles. The first-order chi connectivity index (χ1) is 10.2. The summed E-state index contributed by atoms with van der Waals surface area (Å²) in [6.45, 7) is 2.67. The minimum Gasteiger partial charge on any atom is -0.493 e. The standard InChI is InChI=1S/C16H16FNO3/c1-10-3-4-12(17)7-13(10)18-8-11-5-14(19-2)16-15(6-11)20-9-21-16/h3-7,18H,8-9H2,1-2H3. The van der Waals surface area contributed by atoms with Crippen molar-refractivity contribution in [1.29, 1.82) is 0 Å². The molecule has 1 aliphatic rings. The molecule has 2 aromatic rings. The highest BCUT2D eigenvalue weighted by atomic mass is 19.1. The van der Waals surface area contributed by atoms with Crippen LogP contribution in [0.5, 0.6) is 17.2 Å². The molecule has 0 atom stereocenters. The van der Waals surface area contributed by atoms with Crippen LogP contribution in [0, 0.1) is 12.7 Å². The Morgan fingerprint density at radius 2 is 2.10 bits per heavy atom. The molecule has 1 aliphatic heterocycles. The van der Waals surface area contributed by atoms with Crippen LogP contribution in [-0.4, -0.2) is 13.9 Å². The van der Waals surface area contributed by atoms with Crippen LogP contribution in [0.3, 0.4) is 0 Å². The van der Waals surface area contributed by atoms with Crippen LogP contribution in [0.25, 0.3) is 0 Å². The third-order valence-corrected chi connectivity index (χ3v) is 3.40. The summed E-state index contributed by atoms with van der Waals surface area (Å²) in [6.07, 6.45) is 0. The number of fused-ring (bicyclic) bond motifs is 1. The number of halogens is 1. The van der Waals surface area contributed by atoms with Gasteiger partial charge in [0.15, 0.2) is 11.5 Å². The Hall–Kier alpha value is -2.43. The van der Waals surface area contributed by atoms with Crippen molar-refractivity contribution in [3.63, 3.8) is 0 Å². The second-order valence-corrected chi connectivity index (χ2v) is 4.84. The number of hydrogen-bond donors (Lipinski definition) is 1. The fourth-order valence-electron chi connectivity index (χ4n) is 2.27. The van der Waals surface area contributed by atoms with Crippen molar-refractivity contribution in [2.24, 2.45) is 0 Å². The Balaban J connectivity index is 1.81. The Morgan fingerprint density at radius 1 is 1.24 bits per heavy atom. The lowest BCUT2D eigenvalue weighted by Crippen LogP contribution is -2.02. The number of hydrogen-bond acceptors (Lipinski definition) is 4. The summed E-state index contributed by atoms with van der Waals surface area (Å²) in [5.74, 6) is 1.68. The lowest BCUT2D eigenvalue weighted by molar-refractivity contribution is 0.171. The Bertz CT molecular complexity index is 673. The van der Waals surface area contributed by atoms with Crippen LogP contribution in [0.4, 0.5) is 10.1 Å². The fourth-order valence-corrected chi connectivity index (χ4v) is 2.27. The molecule has 0 saturated heterocycles. The van der Waals surface area contributed by atoms with E-state index in [1.54, 1.807) is 13.2 Å². The molecule has 0 unspecified atom stereocenters. The van der Waals surface area contributed by atoms with E-state index >= 15 is 0 Å². The highest BCUT2D eigenvalue weighted by Gasteiger charge is 2.19. The smallest absolute Gasteiger partial charge is 0.231 e. The van der Waals surface area contributed by atoms with E-state index in [-0.39, 0.29) is 12.6 Å². The van der Waals surface area contributed by atoms with Crippen molar-refractivity contribution < 1.29 is 18.6 Å². The molecular formula is C16H16FNO3. The predicted octanol–water partition coefficient (Wildman–Crippen LogP) is 3.48. The zero-order valence-corrected chi connectivity index (χ0v) is 11.9. The van der Waals surface area contributed by atoms with E-state index in [0.717, 1.165) is 16.8 Å². The summed E-state index contributed by atoms with van der Waals surface area (Å²) in [4.78, 5) is 0. The molecule has 110 valence electrons. The average molecular weight is 289 g/mol. The number of anilines is 1. The summed E-state index contributed by atoms with van der Waals surface area (Å²) in [6, 6.07) is 8.46. The zero-order valence-electron chi connectivity index (χ0n) is 11.9. The van der Waals surface area contributed by atoms with E-state index in [0.29, 0.717) is 23.8 Å². The molecule has 0 aromatic heterocycles. The van der Waals surface area contributed by atoms with Gasteiger partial charge in [0.1, 0.15) is 5.82 Å². The van der Waals surface area contributed by atoms with E-state index in [2.05, 4.69) is 5.32 Å². The molecule has 0 aliphatic carbocycles.